The summed E-state index contributed by atoms with van der Waals surface area (Å²) in [6.45, 7) is 3.25. The fourth-order valence-electron chi connectivity index (χ4n) is 2.72. The lowest BCUT2D eigenvalue weighted by molar-refractivity contribution is 0.574. The van der Waals surface area contributed by atoms with Crippen LogP contribution in [0.1, 0.15) is 0 Å². The average Bonchev–Trinajstić information content (AvgIpc) is 3.02. The molecule has 0 aromatic carbocycles. The number of rotatable bonds is 2. The van der Waals surface area contributed by atoms with Crippen LogP contribution in [0.2, 0.25) is 0 Å². The SMILES string of the molecule is Fc1cccc(N2CCN(c3ccn4nccc4n3)CC2)n1. The third-order valence-electron chi connectivity index (χ3n) is 3.87. The molecule has 112 valence electrons. The van der Waals surface area contributed by atoms with Gasteiger partial charge in [0.05, 0.1) is 6.20 Å². The highest BCUT2D eigenvalue weighted by Crippen LogP contribution is 2.18. The summed E-state index contributed by atoms with van der Waals surface area (Å²) in [5.74, 6) is 1.20. The maximum absolute atomic E-state index is 13.2. The Morgan fingerprint density at radius 3 is 2.32 bits per heavy atom. The Morgan fingerprint density at radius 1 is 0.864 bits per heavy atom. The van der Waals surface area contributed by atoms with Crippen molar-refractivity contribution in [2.75, 3.05) is 36.0 Å². The van der Waals surface area contributed by atoms with Gasteiger partial charge in [-0.3, -0.25) is 0 Å². The topological polar surface area (TPSA) is 49.6 Å². The molecule has 22 heavy (non-hydrogen) atoms. The van der Waals surface area contributed by atoms with Gasteiger partial charge in [0, 0.05) is 38.4 Å². The molecule has 0 atom stereocenters. The van der Waals surface area contributed by atoms with Gasteiger partial charge in [0.2, 0.25) is 5.95 Å². The van der Waals surface area contributed by atoms with Crippen LogP contribution >= 0.6 is 0 Å². The molecule has 4 rings (SSSR count). The fourth-order valence-corrected chi connectivity index (χ4v) is 2.72. The number of hydrogen-bond acceptors (Lipinski definition) is 5. The Hall–Kier alpha value is -2.70. The summed E-state index contributed by atoms with van der Waals surface area (Å²) in [4.78, 5) is 12.9. The normalized spacial score (nSPS) is 15.5. The molecule has 0 aliphatic carbocycles. The molecule has 1 aliphatic rings. The first-order valence-corrected chi connectivity index (χ1v) is 7.22. The first kappa shape index (κ1) is 13.0. The van der Waals surface area contributed by atoms with Gasteiger partial charge in [-0.15, -0.1) is 0 Å². The smallest absolute Gasteiger partial charge is 0.214 e. The number of anilines is 2. The highest BCUT2D eigenvalue weighted by molar-refractivity contribution is 5.49. The lowest BCUT2D eigenvalue weighted by atomic mass is 10.3. The van der Waals surface area contributed by atoms with E-state index in [1.165, 1.54) is 6.07 Å². The number of hydrogen-bond donors (Lipinski definition) is 0. The number of piperazine rings is 1. The van der Waals surface area contributed by atoms with Crippen molar-refractivity contribution in [2.45, 2.75) is 0 Å². The largest absolute Gasteiger partial charge is 0.353 e. The Labute approximate surface area is 126 Å². The maximum Gasteiger partial charge on any atom is 0.214 e. The molecule has 0 saturated carbocycles. The van der Waals surface area contributed by atoms with E-state index in [1.807, 2.05) is 24.4 Å². The summed E-state index contributed by atoms with van der Waals surface area (Å²) in [6, 6.07) is 8.76. The van der Waals surface area contributed by atoms with Crippen LogP contribution in [0.15, 0.2) is 42.7 Å². The number of aromatic nitrogens is 4. The number of halogens is 1. The molecule has 1 fully saturated rings. The summed E-state index contributed by atoms with van der Waals surface area (Å²) < 4.78 is 15.0. The molecular formula is C15H15FN6. The maximum atomic E-state index is 13.2. The van der Waals surface area contributed by atoms with Gasteiger partial charge in [0.15, 0.2) is 5.65 Å². The van der Waals surface area contributed by atoms with E-state index in [1.54, 1.807) is 16.8 Å². The molecule has 4 heterocycles. The van der Waals surface area contributed by atoms with Crippen LogP contribution in [0.4, 0.5) is 16.0 Å². The Kier molecular flexibility index (Phi) is 3.10. The molecule has 0 spiro atoms. The molecule has 1 aliphatic heterocycles. The van der Waals surface area contributed by atoms with Crippen molar-refractivity contribution in [3.8, 4) is 0 Å². The first-order valence-electron chi connectivity index (χ1n) is 7.22. The van der Waals surface area contributed by atoms with Crippen molar-refractivity contribution in [2.24, 2.45) is 0 Å². The van der Waals surface area contributed by atoms with Gasteiger partial charge in [-0.05, 0) is 18.2 Å². The summed E-state index contributed by atoms with van der Waals surface area (Å²) >= 11 is 0. The summed E-state index contributed by atoms with van der Waals surface area (Å²) in [6.07, 6.45) is 3.65. The molecule has 3 aromatic heterocycles. The van der Waals surface area contributed by atoms with E-state index in [-0.39, 0.29) is 0 Å². The Morgan fingerprint density at radius 2 is 1.59 bits per heavy atom. The van der Waals surface area contributed by atoms with Crippen molar-refractivity contribution < 1.29 is 4.39 Å². The summed E-state index contributed by atoms with van der Waals surface area (Å²) in [5.41, 5.74) is 0.840. The summed E-state index contributed by atoms with van der Waals surface area (Å²) in [7, 11) is 0. The van der Waals surface area contributed by atoms with E-state index in [4.69, 9.17) is 0 Å². The molecule has 0 amide bonds. The van der Waals surface area contributed by atoms with Gasteiger partial charge in [-0.1, -0.05) is 6.07 Å². The van der Waals surface area contributed by atoms with Gasteiger partial charge in [0.25, 0.3) is 0 Å². The number of pyridine rings is 1. The van der Waals surface area contributed by atoms with Crippen molar-refractivity contribution in [3.63, 3.8) is 0 Å². The van der Waals surface area contributed by atoms with Crippen LogP contribution in [-0.2, 0) is 0 Å². The number of nitrogens with zero attached hydrogens (tertiary/aromatic N) is 6. The second-order valence-corrected chi connectivity index (χ2v) is 5.21. The van der Waals surface area contributed by atoms with E-state index < -0.39 is 5.95 Å². The van der Waals surface area contributed by atoms with Gasteiger partial charge in [-0.25, -0.2) is 14.5 Å². The molecular weight excluding hydrogens is 283 g/mol. The molecule has 0 radical (unpaired) electrons. The summed E-state index contributed by atoms with van der Waals surface area (Å²) in [5, 5.41) is 4.15. The lowest BCUT2D eigenvalue weighted by Gasteiger charge is -2.36. The molecule has 0 unspecified atom stereocenters. The molecule has 6 nitrogen and oxygen atoms in total. The Bertz CT molecular complexity index is 793. The first-order chi connectivity index (χ1) is 10.8. The average molecular weight is 298 g/mol. The quantitative estimate of drug-likeness (QED) is 0.673. The molecule has 7 heteroatoms. The highest BCUT2D eigenvalue weighted by atomic mass is 19.1. The Balaban J connectivity index is 1.49. The van der Waals surface area contributed by atoms with E-state index in [2.05, 4.69) is 24.9 Å². The van der Waals surface area contributed by atoms with Gasteiger partial charge in [0.1, 0.15) is 11.6 Å². The molecule has 0 N–H and O–H groups in total. The third kappa shape index (κ3) is 2.34. The van der Waals surface area contributed by atoms with Crippen molar-refractivity contribution >= 4 is 17.3 Å². The second-order valence-electron chi connectivity index (χ2n) is 5.21. The van der Waals surface area contributed by atoms with E-state index in [0.717, 1.165) is 37.6 Å². The zero-order valence-corrected chi connectivity index (χ0v) is 11.9. The van der Waals surface area contributed by atoms with Crippen LogP contribution in [0, 0.1) is 5.95 Å². The predicted octanol–water partition coefficient (Wildman–Crippen LogP) is 1.59. The third-order valence-corrected chi connectivity index (χ3v) is 3.87. The lowest BCUT2D eigenvalue weighted by Crippen LogP contribution is -2.47. The minimum atomic E-state index is -0.437. The van der Waals surface area contributed by atoms with E-state index >= 15 is 0 Å². The van der Waals surface area contributed by atoms with Crippen molar-refractivity contribution in [1.82, 2.24) is 19.6 Å². The molecule has 0 bridgehead atoms. The van der Waals surface area contributed by atoms with E-state index in [9.17, 15) is 4.39 Å². The van der Waals surface area contributed by atoms with E-state index in [0.29, 0.717) is 5.82 Å². The minimum absolute atomic E-state index is 0.437. The van der Waals surface area contributed by atoms with Crippen LogP contribution in [0.3, 0.4) is 0 Å². The van der Waals surface area contributed by atoms with Crippen LogP contribution in [-0.4, -0.2) is 45.8 Å². The van der Waals surface area contributed by atoms with Gasteiger partial charge >= 0.3 is 0 Å². The predicted molar refractivity (Wildman–Crippen MR) is 81.6 cm³/mol. The van der Waals surface area contributed by atoms with Crippen molar-refractivity contribution in [3.05, 3.63) is 48.7 Å². The van der Waals surface area contributed by atoms with Crippen LogP contribution in [0.5, 0.6) is 0 Å². The second kappa shape index (κ2) is 5.25. The zero-order chi connectivity index (χ0) is 14.9. The van der Waals surface area contributed by atoms with Crippen LogP contribution < -0.4 is 9.80 Å². The highest BCUT2D eigenvalue weighted by Gasteiger charge is 2.19. The van der Waals surface area contributed by atoms with Gasteiger partial charge in [-0.2, -0.15) is 9.49 Å². The van der Waals surface area contributed by atoms with Crippen LogP contribution in [0.25, 0.3) is 5.65 Å². The standard InChI is InChI=1S/C15H15FN6/c16-12-2-1-3-13(18-12)20-8-10-21(11-9-20)14-5-7-22-15(19-14)4-6-17-22/h1-7H,8-11H2. The fraction of sp³-hybridized carbons (Fsp3) is 0.267. The molecule has 1 saturated heterocycles. The zero-order valence-electron chi connectivity index (χ0n) is 11.9. The van der Waals surface area contributed by atoms with Gasteiger partial charge < -0.3 is 9.80 Å². The molecule has 3 aromatic rings. The monoisotopic (exact) mass is 298 g/mol. The minimum Gasteiger partial charge on any atom is -0.353 e. The number of fused-ring (bicyclic) bond motifs is 1. The van der Waals surface area contributed by atoms with Crippen molar-refractivity contribution in [1.29, 1.82) is 0 Å².